The zero-order valence-electron chi connectivity index (χ0n) is 10.00. The van der Waals surface area contributed by atoms with Crippen LogP contribution in [0, 0.1) is 5.92 Å². The maximum Gasteiger partial charge on any atom is 0.306 e. The summed E-state index contributed by atoms with van der Waals surface area (Å²) in [6, 6.07) is 0. The van der Waals surface area contributed by atoms with Crippen LogP contribution in [0.3, 0.4) is 0 Å². The van der Waals surface area contributed by atoms with Crippen LogP contribution in [0.25, 0.3) is 0 Å². The van der Waals surface area contributed by atoms with Crippen molar-refractivity contribution in [2.24, 2.45) is 5.92 Å². The van der Waals surface area contributed by atoms with Crippen molar-refractivity contribution < 1.29 is 9.53 Å². The number of esters is 1. The Bertz CT molecular complexity index is 186. The number of nitrogens with zero attached hydrogens (tertiary/aromatic N) is 1. The van der Waals surface area contributed by atoms with Crippen LogP contribution in [0.15, 0.2) is 0 Å². The summed E-state index contributed by atoms with van der Waals surface area (Å²) in [6.07, 6.45) is 4.48. The number of carbonyl (C=O) groups excluding carboxylic acids is 1. The van der Waals surface area contributed by atoms with E-state index >= 15 is 0 Å². The normalized spacial score (nSPS) is 18.1. The molecule has 0 bridgehead atoms. The quantitative estimate of drug-likeness (QED) is 0.655. The van der Waals surface area contributed by atoms with Gasteiger partial charge in [-0.05, 0) is 31.8 Å². The Morgan fingerprint density at radius 2 is 1.93 bits per heavy atom. The van der Waals surface area contributed by atoms with Crippen molar-refractivity contribution in [2.75, 3.05) is 26.2 Å². The zero-order chi connectivity index (χ0) is 11.1. The first kappa shape index (κ1) is 12.5. The van der Waals surface area contributed by atoms with Crippen molar-refractivity contribution in [3.8, 4) is 0 Å². The molecular formula is C12H23NO2. The number of hydrogen-bond acceptors (Lipinski definition) is 3. The zero-order valence-corrected chi connectivity index (χ0v) is 10.00. The van der Waals surface area contributed by atoms with Gasteiger partial charge in [-0.1, -0.05) is 20.3 Å². The van der Waals surface area contributed by atoms with Crippen molar-refractivity contribution in [1.82, 2.24) is 4.90 Å². The second kappa shape index (κ2) is 6.83. The average Bonchev–Trinajstić information content (AvgIpc) is 2.18. The van der Waals surface area contributed by atoms with Gasteiger partial charge in [0, 0.05) is 13.0 Å². The van der Waals surface area contributed by atoms with Gasteiger partial charge in [0.05, 0.1) is 0 Å². The second-order valence-electron chi connectivity index (χ2n) is 4.72. The van der Waals surface area contributed by atoms with Crippen LogP contribution in [-0.2, 0) is 9.53 Å². The Kier molecular flexibility index (Phi) is 5.69. The fourth-order valence-corrected chi connectivity index (χ4v) is 1.86. The Morgan fingerprint density at radius 3 is 2.53 bits per heavy atom. The molecule has 0 aromatic rings. The van der Waals surface area contributed by atoms with E-state index in [0.717, 1.165) is 6.54 Å². The fourth-order valence-electron chi connectivity index (χ4n) is 1.86. The molecule has 3 heteroatoms. The molecule has 0 aromatic heterocycles. The summed E-state index contributed by atoms with van der Waals surface area (Å²) in [5.41, 5.74) is 0. The van der Waals surface area contributed by atoms with Crippen molar-refractivity contribution in [3.63, 3.8) is 0 Å². The third-order valence-electron chi connectivity index (χ3n) is 2.69. The molecule has 0 aliphatic carbocycles. The molecule has 0 amide bonds. The smallest absolute Gasteiger partial charge is 0.306 e. The second-order valence-corrected chi connectivity index (χ2v) is 4.72. The maximum atomic E-state index is 11.3. The van der Waals surface area contributed by atoms with Crippen LogP contribution in [0.1, 0.15) is 39.5 Å². The summed E-state index contributed by atoms with van der Waals surface area (Å²) in [7, 11) is 0. The van der Waals surface area contributed by atoms with Gasteiger partial charge < -0.3 is 4.74 Å². The molecule has 1 aliphatic rings. The van der Waals surface area contributed by atoms with E-state index in [0.29, 0.717) is 18.9 Å². The monoisotopic (exact) mass is 213 g/mol. The first-order chi connectivity index (χ1) is 7.18. The molecule has 1 aliphatic heterocycles. The molecule has 3 nitrogen and oxygen atoms in total. The lowest BCUT2D eigenvalue weighted by atomic mass is 10.1. The molecule has 15 heavy (non-hydrogen) atoms. The Balaban J connectivity index is 2.02. The SMILES string of the molecule is CC(C)CC(=O)OCCN1CCCCC1. The van der Waals surface area contributed by atoms with Crippen LogP contribution >= 0.6 is 0 Å². The molecule has 0 N–H and O–H groups in total. The predicted molar refractivity (Wildman–Crippen MR) is 60.7 cm³/mol. The van der Waals surface area contributed by atoms with E-state index in [1.54, 1.807) is 0 Å². The Hall–Kier alpha value is -0.570. The lowest BCUT2D eigenvalue weighted by Crippen LogP contribution is -2.33. The molecule has 1 rings (SSSR count). The molecule has 1 heterocycles. The third-order valence-corrected chi connectivity index (χ3v) is 2.69. The average molecular weight is 213 g/mol. The fraction of sp³-hybridized carbons (Fsp3) is 0.917. The lowest BCUT2D eigenvalue weighted by molar-refractivity contribution is -0.144. The maximum absolute atomic E-state index is 11.3. The van der Waals surface area contributed by atoms with E-state index in [1.807, 2.05) is 13.8 Å². The van der Waals surface area contributed by atoms with Gasteiger partial charge in [0.2, 0.25) is 0 Å². The molecule has 1 fully saturated rings. The molecule has 0 radical (unpaired) electrons. The van der Waals surface area contributed by atoms with Gasteiger partial charge in [0.1, 0.15) is 6.61 Å². The van der Waals surface area contributed by atoms with Crippen LogP contribution < -0.4 is 0 Å². The largest absolute Gasteiger partial charge is 0.464 e. The summed E-state index contributed by atoms with van der Waals surface area (Å²) >= 11 is 0. The lowest BCUT2D eigenvalue weighted by Gasteiger charge is -2.25. The molecule has 0 aromatic carbocycles. The molecule has 0 atom stereocenters. The van der Waals surface area contributed by atoms with Crippen LogP contribution in [0.5, 0.6) is 0 Å². The van der Waals surface area contributed by atoms with E-state index in [9.17, 15) is 4.79 Å². The summed E-state index contributed by atoms with van der Waals surface area (Å²) in [4.78, 5) is 13.6. The first-order valence-electron chi connectivity index (χ1n) is 6.06. The van der Waals surface area contributed by atoms with Gasteiger partial charge in [-0.3, -0.25) is 9.69 Å². The predicted octanol–water partition coefficient (Wildman–Crippen LogP) is 2.06. The van der Waals surface area contributed by atoms with Gasteiger partial charge in [0.25, 0.3) is 0 Å². The van der Waals surface area contributed by atoms with Crippen molar-refractivity contribution in [1.29, 1.82) is 0 Å². The number of likely N-dealkylation sites (tertiary alicyclic amines) is 1. The number of rotatable bonds is 5. The van der Waals surface area contributed by atoms with Gasteiger partial charge in [-0.15, -0.1) is 0 Å². The van der Waals surface area contributed by atoms with E-state index in [1.165, 1.54) is 32.4 Å². The molecule has 0 unspecified atom stereocenters. The summed E-state index contributed by atoms with van der Waals surface area (Å²) < 4.78 is 5.17. The topological polar surface area (TPSA) is 29.5 Å². The molecule has 0 spiro atoms. The van der Waals surface area contributed by atoms with Gasteiger partial charge in [-0.2, -0.15) is 0 Å². The van der Waals surface area contributed by atoms with E-state index in [2.05, 4.69) is 4.90 Å². The summed E-state index contributed by atoms with van der Waals surface area (Å²) in [5, 5.41) is 0. The van der Waals surface area contributed by atoms with Gasteiger partial charge in [0.15, 0.2) is 0 Å². The Morgan fingerprint density at radius 1 is 1.27 bits per heavy atom. The van der Waals surface area contributed by atoms with E-state index in [4.69, 9.17) is 4.74 Å². The van der Waals surface area contributed by atoms with Gasteiger partial charge >= 0.3 is 5.97 Å². The Labute approximate surface area is 92.8 Å². The minimum absolute atomic E-state index is 0.0537. The highest BCUT2D eigenvalue weighted by molar-refractivity contribution is 5.69. The van der Waals surface area contributed by atoms with Crippen LogP contribution in [0.2, 0.25) is 0 Å². The highest BCUT2D eigenvalue weighted by Crippen LogP contribution is 2.08. The number of ether oxygens (including phenoxy) is 1. The first-order valence-corrected chi connectivity index (χ1v) is 6.06. The minimum atomic E-state index is -0.0537. The summed E-state index contributed by atoms with van der Waals surface area (Å²) in [6.45, 7) is 7.87. The highest BCUT2D eigenvalue weighted by Gasteiger charge is 2.11. The molecule has 88 valence electrons. The van der Waals surface area contributed by atoms with Crippen LogP contribution in [-0.4, -0.2) is 37.1 Å². The van der Waals surface area contributed by atoms with Crippen molar-refractivity contribution >= 4 is 5.97 Å². The van der Waals surface area contributed by atoms with Crippen LogP contribution in [0.4, 0.5) is 0 Å². The van der Waals surface area contributed by atoms with Crippen molar-refractivity contribution in [2.45, 2.75) is 39.5 Å². The molecule has 0 saturated carbocycles. The molecule has 1 saturated heterocycles. The van der Waals surface area contributed by atoms with Gasteiger partial charge in [-0.25, -0.2) is 0 Å². The standard InChI is InChI=1S/C12H23NO2/c1-11(2)10-12(14)15-9-8-13-6-4-3-5-7-13/h11H,3-10H2,1-2H3. The third kappa shape index (κ3) is 5.78. The number of carbonyl (C=O) groups is 1. The van der Waals surface area contributed by atoms with E-state index in [-0.39, 0.29) is 5.97 Å². The summed E-state index contributed by atoms with van der Waals surface area (Å²) in [5.74, 6) is 0.342. The number of piperidine rings is 1. The minimum Gasteiger partial charge on any atom is -0.464 e. The highest BCUT2D eigenvalue weighted by atomic mass is 16.5. The molecular weight excluding hydrogens is 190 g/mol. The van der Waals surface area contributed by atoms with Crippen molar-refractivity contribution in [3.05, 3.63) is 0 Å². The van der Waals surface area contributed by atoms with E-state index < -0.39 is 0 Å². The number of hydrogen-bond donors (Lipinski definition) is 0.